The van der Waals surface area contributed by atoms with E-state index in [2.05, 4.69) is 0 Å². The van der Waals surface area contributed by atoms with Gasteiger partial charge in [0.2, 0.25) is 0 Å². The zero-order valence-electron chi connectivity index (χ0n) is 16.4. The molecule has 1 aromatic rings. The second-order valence-electron chi connectivity index (χ2n) is 7.64. The van der Waals surface area contributed by atoms with Crippen molar-refractivity contribution in [2.24, 2.45) is 5.92 Å². The number of carbonyl (C=O) groups excluding carboxylic acids is 3. The minimum Gasteiger partial charge on any atom is -0.455 e. The monoisotopic (exact) mass is 376 g/mol. The standard InChI is InChI=1S/C20H28N2O5/c1-20(2,3)27-19(25)22-12-10-15(11-13-22)18(24)26-14-17(23)21(4)16-8-6-5-7-9-16/h5-9,15H,10-14H2,1-4H3. The molecule has 1 aromatic carbocycles. The quantitative estimate of drug-likeness (QED) is 0.755. The molecular formula is C20H28N2O5. The van der Waals surface area contributed by atoms with Crippen LogP contribution in [0.5, 0.6) is 0 Å². The van der Waals surface area contributed by atoms with Gasteiger partial charge >= 0.3 is 12.1 Å². The first kappa shape index (κ1) is 20.7. The van der Waals surface area contributed by atoms with Crippen LogP contribution < -0.4 is 4.90 Å². The molecule has 0 aliphatic carbocycles. The Morgan fingerprint density at radius 1 is 1.11 bits per heavy atom. The Bertz CT molecular complexity index is 661. The molecule has 2 rings (SSSR count). The number of rotatable bonds is 4. The minimum atomic E-state index is -0.544. The SMILES string of the molecule is CN(C(=O)COC(=O)C1CCN(C(=O)OC(C)(C)C)CC1)c1ccccc1. The number of likely N-dealkylation sites (tertiary alicyclic amines) is 1. The lowest BCUT2D eigenvalue weighted by molar-refractivity contribution is -0.153. The van der Waals surface area contributed by atoms with Crippen LogP contribution in [0.2, 0.25) is 0 Å². The van der Waals surface area contributed by atoms with Gasteiger partial charge in [0, 0.05) is 25.8 Å². The second kappa shape index (κ2) is 8.88. The lowest BCUT2D eigenvalue weighted by atomic mass is 9.97. The molecule has 7 nitrogen and oxygen atoms in total. The maximum Gasteiger partial charge on any atom is 0.410 e. The fourth-order valence-corrected chi connectivity index (χ4v) is 2.77. The summed E-state index contributed by atoms with van der Waals surface area (Å²) in [4.78, 5) is 39.5. The van der Waals surface area contributed by atoms with Crippen molar-refractivity contribution in [3.8, 4) is 0 Å². The van der Waals surface area contributed by atoms with Gasteiger partial charge in [-0.25, -0.2) is 4.79 Å². The molecule has 27 heavy (non-hydrogen) atoms. The minimum absolute atomic E-state index is 0.291. The molecule has 0 saturated carbocycles. The Morgan fingerprint density at radius 3 is 2.26 bits per heavy atom. The first-order chi connectivity index (χ1) is 12.7. The van der Waals surface area contributed by atoms with Gasteiger partial charge in [0.05, 0.1) is 5.92 Å². The summed E-state index contributed by atoms with van der Waals surface area (Å²) in [6.45, 7) is 6.03. The van der Waals surface area contributed by atoms with E-state index in [1.165, 1.54) is 4.90 Å². The van der Waals surface area contributed by atoms with Crippen LogP contribution in [0.3, 0.4) is 0 Å². The zero-order valence-corrected chi connectivity index (χ0v) is 16.4. The van der Waals surface area contributed by atoms with Gasteiger partial charge in [-0.05, 0) is 45.7 Å². The van der Waals surface area contributed by atoms with Gasteiger partial charge in [-0.3, -0.25) is 9.59 Å². The average molecular weight is 376 g/mol. The molecule has 0 unspecified atom stereocenters. The highest BCUT2D eigenvalue weighted by molar-refractivity contribution is 5.94. The van der Waals surface area contributed by atoms with Crippen LogP contribution in [0.4, 0.5) is 10.5 Å². The molecule has 0 N–H and O–H groups in total. The average Bonchev–Trinajstić information content (AvgIpc) is 2.64. The maximum atomic E-state index is 12.2. The number of piperidine rings is 1. The van der Waals surface area contributed by atoms with E-state index in [4.69, 9.17) is 9.47 Å². The summed E-state index contributed by atoms with van der Waals surface area (Å²) in [7, 11) is 1.64. The van der Waals surface area contributed by atoms with Gasteiger partial charge in [-0.2, -0.15) is 0 Å². The predicted molar refractivity (Wildman–Crippen MR) is 101 cm³/mol. The molecule has 0 bridgehead atoms. The summed E-state index contributed by atoms with van der Waals surface area (Å²) < 4.78 is 10.5. The molecule has 1 aliphatic rings. The van der Waals surface area contributed by atoms with Crippen LogP contribution in [0.15, 0.2) is 30.3 Å². The molecule has 0 atom stereocenters. The summed E-state index contributed by atoms with van der Waals surface area (Å²) in [5, 5.41) is 0. The topological polar surface area (TPSA) is 76.2 Å². The number of ether oxygens (including phenoxy) is 2. The summed E-state index contributed by atoms with van der Waals surface area (Å²) in [6.07, 6.45) is 0.635. The maximum absolute atomic E-state index is 12.2. The number of hydrogen-bond acceptors (Lipinski definition) is 5. The Kier molecular flexibility index (Phi) is 6.82. The Labute approximate surface area is 160 Å². The van der Waals surface area contributed by atoms with Gasteiger partial charge in [0.25, 0.3) is 5.91 Å². The van der Waals surface area contributed by atoms with Crippen LogP contribution in [0.1, 0.15) is 33.6 Å². The van der Waals surface area contributed by atoms with Gasteiger partial charge in [0.15, 0.2) is 6.61 Å². The van der Waals surface area contributed by atoms with E-state index in [0.717, 1.165) is 5.69 Å². The van der Waals surface area contributed by atoms with E-state index >= 15 is 0 Å². The van der Waals surface area contributed by atoms with Crippen molar-refractivity contribution in [1.82, 2.24) is 4.90 Å². The smallest absolute Gasteiger partial charge is 0.410 e. The molecule has 0 aromatic heterocycles. The molecule has 1 saturated heterocycles. The summed E-state index contributed by atoms with van der Waals surface area (Å²) in [5.41, 5.74) is 0.196. The molecule has 148 valence electrons. The van der Waals surface area contributed by atoms with E-state index < -0.39 is 11.6 Å². The second-order valence-corrected chi connectivity index (χ2v) is 7.64. The highest BCUT2D eigenvalue weighted by atomic mass is 16.6. The van der Waals surface area contributed by atoms with Crippen molar-refractivity contribution in [2.75, 3.05) is 31.6 Å². The highest BCUT2D eigenvalue weighted by Gasteiger charge is 2.31. The van der Waals surface area contributed by atoms with Gasteiger partial charge in [-0.1, -0.05) is 18.2 Å². The van der Waals surface area contributed by atoms with Gasteiger partial charge in [0.1, 0.15) is 5.60 Å². The number of esters is 1. The van der Waals surface area contributed by atoms with E-state index in [0.29, 0.717) is 25.9 Å². The van der Waals surface area contributed by atoms with Crippen LogP contribution in [-0.4, -0.2) is 55.2 Å². The number of nitrogens with zero attached hydrogens (tertiary/aromatic N) is 2. The van der Waals surface area contributed by atoms with E-state index in [1.807, 2.05) is 51.1 Å². The molecule has 0 spiro atoms. The molecule has 1 heterocycles. The Morgan fingerprint density at radius 2 is 1.70 bits per heavy atom. The number of hydrogen-bond donors (Lipinski definition) is 0. The van der Waals surface area contributed by atoms with Gasteiger partial charge in [-0.15, -0.1) is 0 Å². The summed E-state index contributed by atoms with van der Waals surface area (Å²) >= 11 is 0. The highest BCUT2D eigenvalue weighted by Crippen LogP contribution is 2.21. The Hall–Kier alpha value is -2.57. The summed E-state index contributed by atoms with van der Waals surface area (Å²) in [6, 6.07) is 9.16. The van der Waals surface area contributed by atoms with Crippen molar-refractivity contribution >= 4 is 23.7 Å². The van der Waals surface area contributed by atoms with Crippen LogP contribution in [-0.2, 0) is 19.1 Å². The number of benzene rings is 1. The number of para-hydroxylation sites is 1. The number of likely N-dealkylation sites (N-methyl/N-ethyl adjacent to an activating group) is 1. The van der Waals surface area contributed by atoms with Crippen LogP contribution in [0, 0.1) is 5.92 Å². The third-order valence-corrected chi connectivity index (χ3v) is 4.34. The number of carbonyl (C=O) groups is 3. The Balaban J connectivity index is 1.76. The largest absolute Gasteiger partial charge is 0.455 e. The van der Waals surface area contributed by atoms with Gasteiger partial charge < -0.3 is 19.3 Å². The first-order valence-electron chi connectivity index (χ1n) is 9.13. The van der Waals surface area contributed by atoms with E-state index in [-0.39, 0.29) is 24.5 Å². The normalized spacial score (nSPS) is 15.2. The van der Waals surface area contributed by atoms with Crippen molar-refractivity contribution in [1.29, 1.82) is 0 Å². The number of amides is 2. The molecule has 7 heteroatoms. The third kappa shape index (κ3) is 6.27. The number of anilines is 1. The lowest BCUT2D eigenvalue weighted by Crippen LogP contribution is -2.43. The van der Waals surface area contributed by atoms with Crippen molar-refractivity contribution in [3.63, 3.8) is 0 Å². The summed E-state index contributed by atoms with van der Waals surface area (Å²) in [5.74, 6) is -0.993. The van der Waals surface area contributed by atoms with Crippen molar-refractivity contribution < 1.29 is 23.9 Å². The molecular weight excluding hydrogens is 348 g/mol. The first-order valence-corrected chi connectivity index (χ1v) is 9.13. The van der Waals surface area contributed by atoms with Crippen molar-refractivity contribution in [3.05, 3.63) is 30.3 Å². The predicted octanol–water partition coefficient (Wildman–Crippen LogP) is 2.84. The third-order valence-electron chi connectivity index (χ3n) is 4.34. The van der Waals surface area contributed by atoms with E-state index in [1.54, 1.807) is 11.9 Å². The molecule has 1 aliphatic heterocycles. The van der Waals surface area contributed by atoms with Crippen LogP contribution >= 0.6 is 0 Å². The molecule has 2 amide bonds. The van der Waals surface area contributed by atoms with Crippen LogP contribution in [0.25, 0.3) is 0 Å². The molecule has 1 fully saturated rings. The van der Waals surface area contributed by atoms with E-state index in [9.17, 15) is 14.4 Å². The fourth-order valence-electron chi connectivity index (χ4n) is 2.77. The fraction of sp³-hybridized carbons (Fsp3) is 0.550. The zero-order chi connectivity index (χ0) is 20.0. The molecule has 0 radical (unpaired) electrons. The van der Waals surface area contributed by atoms with Crippen molar-refractivity contribution in [2.45, 2.75) is 39.2 Å². The lowest BCUT2D eigenvalue weighted by Gasteiger charge is -2.32.